The first-order chi connectivity index (χ1) is 7.39. The minimum atomic E-state index is -0.434. The van der Waals surface area contributed by atoms with Gasteiger partial charge < -0.3 is 10.1 Å². The standard InChI is InChI=1S/C12H24ClNO2/c1-5-6-10(7-8-13)9-14-11(15)16-12(2,3)4/h10H,5-9H2,1-4H3,(H,14,15). The fraction of sp³-hybridized carbons (Fsp3) is 0.917. The van der Waals surface area contributed by atoms with Gasteiger partial charge in [0.2, 0.25) is 0 Å². The number of carbonyl (C=O) groups is 1. The van der Waals surface area contributed by atoms with Gasteiger partial charge in [0, 0.05) is 12.4 Å². The van der Waals surface area contributed by atoms with Crippen LogP contribution in [0.2, 0.25) is 0 Å². The minimum absolute atomic E-state index is 0.344. The Morgan fingerprint density at radius 2 is 2.00 bits per heavy atom. The van der Waals surface area contributed by atoms with Crippen molar-refractivity contribution in [3.63, 3.8) is 0 Å². The minimum Gasteiger partial charge on any atom is -0.444 e. The molecule has 3 nitrogen and oxygen atoms in total. The second-order valence-corrected chi connectivity index (χ2v) is 5.39. The summed E-state index contributed by atoms with van der Waals surface area (Å²) in [6.07, 6.45) is 2.79. The van der Waals surface area contributed by atoms with Gasteiger partial charge in [-0.25, -0.2) is 4.79 Å². The van der Waals surface area contributed by atoms with Crippen molar-refractivity contribution in [2.45, 2.75) is 52.6 Å². The largest absolute Gasteiger partial charge is 0.444 e. The summed E-state index contributed by atoms with van der Waals surface area (Å²) in [6.45, 7) is 8.35. The average Bonchev–Trinajstić information content (AvgIpc) is 2.12. The molecule has 0 aliphatic rings. The maximum absolute atomic E-state index is 11.4. The second-order valence-electron chi connectivity index (χ2n) is 5.02. The van der Waals surface area contributed by atoms with E-state index in [2.05, 4.69) is 12.2 Å². The zero-order valence-electron chi connectivity index (χ0n) is 10.8. The third-order valence-electron chi connectivity index (χ3n) is 2.15. The Bertz CT molecular complexity index is 196. The molecule has 0 aromatic heterocycles. The van der Waals surface area contributed by atoms with E-state index in [0.717, 1.165) is 19.3 Å². The molecule has 0 aromatic rings. The van der Waals surface area contributed by atoms with Crippen LogP contribution in [0, 0.1) is 5.92 Å². The van der Waals surface area contributed by atoms with Crippen molar-refractivity contribution in [3.8, 4) is 0 Å². The van der Waals surface area contributed by atoms with E-state index in [9.17, 15) is 4.79 Å². The summed E-state index contributed by atoms with van der Waals surface area (Å²) in [5.74, 6) is 1.09. The van der Waals surface area contributed by atoms with Crippen LogP contribution in [0.1, 0.15) is 47.0 Å². The van der Waals surface area contributed by atoms with Crippen LogP contribution in [-0.2, 0) is 4.74 Å². The SMILES string of the molecule is CCCC(CCCl)CNC(=O)OC(C)(C)C. The van der Waals surface area contributed by atoms with Crippen molar-refractivity contribution in [1.29, 1.82) is 0 Å². The highest BCUT2D eigenvalue weighted by atomic mass is 35.5. The van der Waals surface area contributed by atoms with E-state index >= 15 is 0 Å². The first kappa shape index (κ1) is 15.6. The van der Waals surface area contributed by atoms with Crippen molar-refractivity contribution in [1.82, 2.24) is 5.32 Å². The number of halogens is 1. The van der Waals surface area contributed by atoms with Crippen molar-refractivity contribution < 1.29 is 9.53 Å². The second kappa shape index (κ2) is 7.77. The summed E-state index contributed by atoms with van der Waals surface area (Å²) in [4.78, 5) is 11.4. The summed E-state index contributed by atoms with van der Waals surface area (Å²) in [7, 11) is 0. The molecule has 0 spiro atoms. The van der Waals surface area contributed by atoms with Gasteiger partial charge in [0.25, 0.3) is 0 Å². The molecule has 0 rings (SSSR count). The number of ether oxygens (including phenoxy) is 1. The lowest BCUT2D eigenvalue weighted by Gasteiger charge is -2.21. The lowest BCUT2D eigenvalue weighted by atomic mass is 10.0. The number of alkyl halides is 1. The normalized spacial score (nSPS) is 13.3. The Labute approximate surface area is 104 Å². The van der Waals surface area contributed by atoms with Crippen LogP contribution < -0.4 is 5.32 Å². The molecule has 0 bridgehead atoms. The molecule has 0 saturated carbocycles. The molecule has 0 radical (unpaired) electrons. The number of hydrogen-bond acceptors (Lipinski definition) is 2. The molecule has 0 aliphatic heterocycles. The quantitative estimate of drug-likeness (QED) is 0.731. The van der Waals surface area contributed by atoms with E-state index in [-0.39, 0.29) is 6.09 Å². The van der Waals surface area contributed by atoms with Gasteiger partial charge in [-0.05, 0) is 39.5 Å². The predicted molar refractivity (Wildman–Crippen MR) is 68.0 cm³/mol. The third-order valence-corrected chi connectivity index (χ3v) is 2.37. The molecule has 0 fully saturated rings. The number of hydrogen-bond donors (Lipinski definition) is 1. The first-order valence-corrected chi connectivity index (χ1v) is 6.45. The summed E-state index contributed by atoms with van der Waals surface area (Å²) in [5, 5.41) is 2.79. The number of amides is 1. The first-order valence-electron chi connectivity index (χ1n) is 5.92. The van der Waals surface area contributed by atoms with E-state index in [1.165, 1.54) is 0 Å². The third kappa shape index (κ3) is 8.84. The molecule has 0 heterocycles. The van der Waals surface area contributed by atoms with E-state index in [4.69, 9.17) is 16.3 Å². The summed E-state index contributed by atoms with van der Waals surface area (Å²) < 4.78 is 5.16. The molecule has 0 aromatic carbocycles. The highest BCUT2D eigenvalue weighted by Crippen LogP contribution is 2.12. The van der Waals surface area contributed by atoms with Crippen molar-refractivity contribution >= 4 is 17.7 Å². The maximum Gasteiger partial charge on any atom is 0.407 e. The van der Waals surface area contributed by atoms with Crippen LogP contribution in [-0.4, -0.2) is 24.1 Å². The molecule has 0 aliphatic carbocycles. The Hall–Kier alpha value is -0.440. The molecule has 0 saturated heterocycles. The van der Waals surface area contributed by atoms with Crippen LogP contribution in [0.3, 0.4) is 0 Å². The van der Waals surface area contributed by atoms with Crippen molar-refractivity contribution in [2.24, 2.45) is 5.92 Å². The fourth-order valence-corrected chi connectivity index (χ4v) is 1.76. The highest BCUT2D eigenvalue weighted by Gasteiger charge is 2.17. The average molecular weight is 250 g/mol. The van der Waals surface area contributed by atoms with Crippen molar-refractivity contribution in [3.05, 3.63) is 0 Å². The Morgan fingerprint density at radius 1 is 1.38 bits per heavy atom. The Kier molecular flexibility index (Phi) is 7.56. The van der Waals surface area contributed by atoms with Crippen LogP contribution in [0.5, 0.6) is 0 Å². The van der Waals surface area contributed by atoms with Gasteiger partial charge in [-0.2, -0.15) is 0 Å². The van der Waals surface area contributed by atoms with Gasteiger partial charge in [-0.3, -0.25) is 0 Å². The van der Waals surface area contributed by atoms with E-state index < -0.39 is 5.60 Å². The number of carbonyl (C=O) groups excluding carboxylic acids is 1. The summed E-state index contributed by atoms with van der Waals surface area (Å²) in [5.41, 5.74) is -0.434. The Morgan fingerprint density at radius 3 is 2.44 bits per heavy atom. The van der Waals surface area contributed by atoms with Crippen LogP contribution in [0.15, 0.2) is 0 Å². The highest BCUT2D eigenvalue weighted by molar-refractivity contribution is 6.17. The van der Waals surface area contributed by atoms with Gasteiger partial charge in [-0.15, -0.1) is 11.6 Å². The van der Waals surface area contributed by atoms with Crippen LogP contribution in [0.4, 0.5) is 4.79 Å². The lowest BCUT2D eigenvalue weighted by molar-refractivity contribution is 0.0518. The topological polar surface area (TPSA) is 38.3 Å². The van der Waals surface area contributed by atoms with E-state index in [1.54, 1.807) is 0 Å². The van der Waals surface area contributed by atoms with Gasteiger partial charge in [-0.1, -0.05) is 13.3 Å². The van der Waals surface area contributed by atoms with Gasteiger partial charge in [0.1, 0.15) is 5.60 Å². The van der Waals surface area contributed by atoms with E-state index in [0.29, 0.717) is 18.3 Å². The predicted octanol–water partition coefficient (Wildman–Crippen LogP) is 3.56. The van der Waals surface area contributed by atoms with Crippen LogP contribution in [0.25, 0.3) is 0 Å². The summed E-state index contributed by atoms with van der Waals surface area (Å²) >= 11 is 5.71. The van der Waals surface area contributed by atoms with Gasteiger partial charge >= 0.3 is 6.09 Å². The number of alkyl carbamates (subject to hydrolysis) is 1. The smallest absolute Gasteiger partial charge is 0.407 e. The van der Waals surface area contributed by atoms with Crippen LogP contribution >= 0.6 is 11.6 Å². The van der Waals surface area contributed by atoms with Gasteiger partial charge in [0.15, 0.2) is 0 Å². The van der Waals surface area contributed by atoms with Crippen molar-refractivity contribution in [2.75, 3.05) is 12.4 Å². The number of rotatable bonds is 6. The number of nitrogens with one attached hydrogen (secondary N) is 1. The van der Waals surface area contributed by atoms with E-state index in [1.807, 2.05) is 20.8 Å². The zero-order chi connectivity index (χ0) is 12.6. The maximum atomic E-state index is 11.4. The molecule has 16 heavy (non-hydrogen) atoms. The molecular weight excluding hydrogens is 226 g/mol. The lowest BCUT2D eigenvalue weighted by Crippen LogP contribution is -2.35. The molecule has 1 N–H and O–H groups in total. The zero-order valence-corrected chi connectivity index (χ0v) is 11.6. The molecule has 96 valence electrons. The summed E-state index contributed by atoms with van der Waals surface area (Å²) in [6, 6.07) is 0. The van der Waals surface area contributed by atoms with Gasteiger partial charge in [0.05, 0.1) is 0 Å². The molecule has 1 unspecified atom stereocenters. The molecule has 1 atom stereocenters. The fourth-order valence-electron chi connectivity index (χ4n) is 1.45. The monoisotopic (exact) mass is 249 g/mol. The Balaban J connectivity index is 3.86. The molecular formula is C12H24ClNO2. The molecule has 4 heteroatoms. The molecule has 1 amide bonds.